The Hall–Kier alpha value is -0.260. The van der Waals surface area contributed by atoms with E-state index in [-0.39, 0.29) is 0 Å². The Labute approximate surface area is 58.0 Å². The molecule has 0 saturated heterocycles. The van der Waals surface area contributed by atoms with E-state index in [0.29, 0.717) is 5.41 Å². The second kappa shape index (κ2) is 2.17. The van der Waals surface area contributed by atoms with Gasteiger partial charge in [0.05, 0.1) is 0 Å². The molecule has 1 rings (SSSR count). The summed E-state index contributed by atoms with van der Waals surface area (Å²) in [6, 6.07) is 0. The lowest BCUT2D eigenvalue weighted by Gasteiger charge is -2.05. The van der Waals surface area contributed by atoms with Crippen LogP contribution in [0.5, 0.6) is 0 Å². The molecule has 0 heterocycles. The Bertz CT molecular complexity index is 127. The van der Waals surface area contributed by atoms with Crippen LogP contribution in [-0.2, 0) is 0 Å². The van der Waals surface area contributed by atoms with Crippen LogP contribution in [0.2, 0.25) is 0 Å². The Morgan fingerprint density at radius 3 is 2.11 bits per heavy atom. The minimum absolute atomic E-state index is 0.661. The van der Waals surface area contributed by atoms with E-state index in [1.165, 1.54) is 19.3 Å². The molecule has 0 N–H and O–H groups in total. The Balaban J connectivity index is 2.57. The fourth-order valence-corrected chi connectivity index (χ4v) is 1.68. The van der Waals surface area contributed by atoms with Gasteiger partial charge in [-0.3, -0.25) is 0 Å². The minimum atomic E-state index is 0.661. The topological polar surface area (TPSA) is 0 Å². The van der Waals surface area contributed by atoms with Crippen LogP contribution in [-0.4, -0.2) is 0 Å². The summed E-state index contributed by atoms with van der Waals surface area (Å²) >= 11 is 0. The minimum Gasteiger partial charge on any atom is -0.0879 e. The monoisotopic (exact) mass is 124 g/mol. The Morgan fingerprint density at radius 1 is 1.44 bits per heavy atom. The maximum atomic E-state index is 2.29. The van der Waals surface area contributed by atoms with Gasteiger partial charge < -0.3 is 0 Å². The molecule has 0 aromatic rings. The zero-order valence-corrected chi connectivity index (χ0v) is 6.70. The lowest BCUT2D eigenvalue weighted by atomic mass is 9.99. The summed E-state index contributed by atoms with van der Waals surface area (Å²) in [4.78, 5) is 0. The first kappa shape index (κ1) is 6.85. The highest BCUT2D eigenvalue weighted by Gasteiger charge is 2.44. The first-order chi connectivity index (χ1) is 4.29. The van der Waals surface area contributed by atoms with Gasteiger partial charge in [0.2, 0.25) is 0 Å². The van der Waals surface area contributed by atoms with Gasteiger partial charge in [-0.2, -0.15) is 0 Å². The van der Waals surface area contributed by atoms with Crippen molar-refractivity contribution in [1.82, 2.24) is 0 Å². The van der Waals surface area contributed by atoms with E-state index in [1.54, 1.807) is 5.57 Å². The standard InChI is InChI=1S/C9H16/c1-4-8-7-9(8,5-2)6-3/h4H,5-7H2,1-3H3. The molecule has 1 fully saturated rings. The van der Waals surface area contributed by atoms with Gasteiger partial charge in [0.1, 0.15) is 0 Å². The van der Waals surface area contributed by atoms with E-state index in [2.05, 4.69) is 26.8 Å². The number of hydrogen-bond donors (Lipinski definition) is 0. The third-order valence-corrected chi connectivity index (χ3v) is 2.79. The average molecular weight is 124 g/mol. The van der Waals surface area contributed by atoms with Gasteiger partial charge in [0.25, 0.3) is 0 Å². The molecule has 0 aromatic heterocycles. The highest BCUT2D eigenvalue weighted by molar-refractivity contribution is 5.31. The highest BCUT2D eigenvalue weighted by atomic mass is 14.5. The lowest BCUT2D eigenvalue weighted by Crippen LogP contribution is -1.94. The Kier molecular flexibility index (Phi) is 1.65. The van der Waals surface area contributed by atoms with Crippen LogP contribution >= 0.6 is 0 Å². The summed E-state index contributed by atoms with van der Waals surface area (Å²) < 4.78 is 0. The van der Waals surface area contributed by atoms with Crippen molar-refractivity contribution in [3.63, 3.8) is 0 Å². The summed E-state index contributed by atoms with van der Waals surface area (Å²) in [5.41, 5.74) is 2.35. The van der Waals surface area contributed by atoms with Gasteiger partial charge >= 0.3 is 0 Å². The molecule has 9 heavy (non-hydrogen) atoms. The second-order valence-corrected chi connectivity index (χ2v) is 2.98. The first-order valence-electron chi connectivity index (χ1n) is 3.94. The zero-order chi connectivity index (χ0) is 6.91. The van der Waals surface area contributed by atoms with E-state index in [4.69, 9.17) is 0 Å². The molecule has 0 heteroatoms. The maximum absolute atomic E-state index is 2.29. The van der Waals surface area contributed by atoms with Crippen molar-refractivity contribution in [2.24, 2.45) is 5.41 Å². The maximum Gasteiger partial charge on any atom is -0.00558 e. The fraction of sp³-hybridized carbons (Fsp3) is 0.778. The average Bonchev–Trinajstić information content (AvgIpc) is 2.63. The van der Waals surface area contributed by atoms with E-state index in [9.17, 15) is 0 Å². The van der Waals surface area contributed by atoms with Crippen molar-refractivity contribution in [3.8, 4) is 0 Å². The van der Waals surface area contributed by atoms with Gasteiger partial charge in [-0.25, -0.2) is 0 Å². The molecular formula is C9H16. The molecule has 0 radical (unpaired) electrons. The molecule has 0 bridgehead atoms. The molecule has 1 saturated carbocycles. The van der Waals surface area contributed by atoms with Crippen molar-refractivity contribution in [2.45, 2.75) is 40.0 Å². The summed E-state index contributed by atoms with van der Waals surface area (Å²) in [5, 5.41) is 0. The van der Waals surface area contributed by atoms with Crippen molar-refractivity contribution in [3.05, 3.63) is 11.6 Å². The van der Waals surface area contributed by atoms with Gasteiger partial charge in [0.15, 0.2) is 0 Å². The summed E-state index contributed by atoms with van der Waals surface area (Å²) in [5.74, 6) is 0. The highest BCUT2D eigenvalue weighted by Crippen LogP contribution is 2.56. The smallest absolute Gasteiger partial charge is 0.00558 e. The van der Waals surface area contributed by atoms with E-state index in [1.807, 2.05) is 0 Å². The second-order valence-electron chi connectivity index (χ2n) is 2.98. The van der Waals surface area contributed by atoms with E-state index >= 15 is 0 Å². The van der Waals surface area contributed by atoms with Crippen LogP contribution in [0.15, 0.2) is 11.6 Å². The molecule has 0 aliphatic heterocycles. The molecule has 0 spiro atoms. The summed E-state index contributed by atoms with van der Waals surface area (Å²) in [6.07, 6.45) is 6.33. The van der Waals surface area contributed by atoms with Crippen molar-refractivity contribution in [1.29, 1.82) is 0 Å². The van der Waals surface area contributed by atoms with Crippen LogP contribution in [0.1, 0.15) is 40.0 Å². The van der Waals surface area contributed by atoms with Crippen LogP contribution in [0.3, 0.4) is 0 Å². The first-order valence-corrected chi connectivity index (χ1v) is 3.94. The molecule has 0 amide bonds. The van der Waals surface area contributed by atoms with Crippen molar-refractivity contribution >= 4 is 0 Å². The normalized spacial score (nSPS) is 26.8. The van der Waals surface area contributed by atoms with Crippen molar-refractivity contribution < 1.29 is 0 Å². The fourth-order valence-electron chi connectivity index (χ4n) is 1.68. The third kappa shape index (κ3) is 0.910. The number of hydrogen-bond acceptors (Lipinski definition) is 0. The molecule has 1 aliphatic rings. The lowest BCUT2D eigenvalue weighted by molar-refractivity contribution is 0.499. The quantitative estimate of drug-likeness (QED) is 0.496. The molecule has 52 valence electrons. The van der Waals surface area contributed by atoms with Crippen LogP contribution in [0, 0.1) is 5.41 Å². The number of rotatable bonds is 2. The largest absolute Gasteiger partial charge is 0.0879 e. The van der Waals surface area contributed by atoms with Crippen LogP contribution in [0.25, 0.3) is 0 Å². The van der Waals surface area contributed by atoms with Crippen LogP contribution < -0.4 is 0 Å². The zero-order valence-electron chi connectivity index (χ0n) is 6.70. The number of allylic oxidation sites excluding steroid dienone is 2. The van der Waals surface area contributed by atoms with Gasteiger partial charge in [-0.1, -0.05) is 25.5 Å². The third-order valence-electron chi connectivity index (χ3n) is 2.79. The van der Waals surface area contributed by atoms with E-state index in [0.717, 1.165) is 0 Å². The van der Waals surface area contributed by atoms with Crippen molar-refractivity contribution in [2.75, 3.05) is 0 Å². The summed E-state index contributed by atoms with van der Waals surface area (Å²) in [6.45, 7) is 6.74. The molecule has 0 aromatic carbocycles. The van der Waals surface area contributed by atoms with Crippen LogP contribution in [0.4, 0.5) is 0 Å². The predicted molar refractivity (Wildman–Crippen MR) is 41.4 cm³/mol. The van der Waals surface area contributed by atoms with Gasteiger partial charge in [0, 0.05) is 0 Å². The predicted octanol–water partition coefficient (Wildman–Crippen LogP) is 3.14. The molecule has 0 atom stereocenters. The molecular weight excluding hydrogens is 108 g/mol. The molecule has 0 nitrogen and oxygen atoms in total. The van der Waals surface area contributed by atoms with Gasteiger partial charge in [-0.05, 0) is 31.6 Å². The van der Waals surface area contributed by atoms with Gasteiger partial charge in [-0.15, -0.1) is 0 Å². The Morgan fingerprint density at radius 2 is 2.00 bits per heavy atom. The van der Waals surface area contributed by atoms with E-state index < -0.39 is 0 Å². The molecule has 0 unspecified atom stereocenters. The molecule has 1 aliphatic carbocycles. The summed E-state index contributed by atoms with van der Waals surface area (Å²) in [7, 11) is 0. The SMILES string of the molecule is CC=C1CC1(CC)CC.